The van der Waals surface area contributed by atoms with Crippen LogP contribution in [0.1, 0.15) is 19.8 Å². The van der Waals surface area contributed by atoms with Gasteiger partial charge in [-0.25, -0.2) is 8.78 Å². The fraction of sp³-hybridized carbons (Fsp3) is 0.333. The van der Waals surface area contributed by atoms with Crippen LogP contribution in [0.25, 0.3) is 0 Å². The Balaban J connectivity index is 4.06. The van der Waals surface area contributed by atoms with Gasteiger partial charge >= 0.3 is 0 Å². The van der Waals surface area contributed by atoms with Crippen molar-refractivity contribution in [1.29, 1.82) is 0 Å². The standard InChI is InChI=1S/C9H12F2/c1-3-5-8(10)7-9(11)6-4-2/h3,6-7H,1,4-5H2,2H3/b8-7+,9-6+. The molecule has 2 heteroatoms. The van der Waals surface area contributed by atoms with E-state index in [0.29, 0.717) is 6.42 Å². The van der Waals surface area contributed by atoms with Crippen LogP contribution in [0, 0.1) is 0 Å². The normalized spacial score (nSPS) is 13.4. The monoisotopic (exact) mass is 158 g/mol. The maximum Gasteiger partial charge on any atom is 0.121 e. The predicted molar refractivity (Wildman–Crippen MR) is 43.5 cm³/mol. The first kappa shape index (κ1) is 10.1. The lowest BCUT2D eigenvalue weighted by Crippen LogP contribution is -1.72. The van der Waals surface area contributed by atoms with Crippen molar-refractivity contribution in [3.63, 3.8) is 0 Å². The molecule has 0 atom stereocenters. The van der Waals surface area contributed by atoms with E-state index in [0.717, 1.165) is 6.08 Å². The molecule has 11 heavy (non-hydrogen) atoms. The Bertz CT molecular complexity index is 178. The average Bonchev–Trinajstić information content (AvgIpc) is 1.87. The van der Waals surface area contributed by atoms with E-state index >= 15 is 0 Å². The summed E-state index contributed by atoms with van der Waals surface area (Å²) in [5, 5.41) is 0. The summed E-state index contributed by atoms with van der Waals surface area (Å²) in [4.78, 5) is 0. The molecule has 0 fully saturated rings. The molecule has 0 radical (unpaired) electrons. The van der Waals surface area contributed by atoms with Crippen LogP contribution in [-0.4, -0.2) is 0 Å². The fourth-order valence-electron chi connectivity index (χ4n) is 0.600. The Morgan fingerprint density at radius 2 is 2.09 bits per heavy atom. The first-order valence-corrected chi connectivity index (χ1v) is 3.53. The summed E-state index contributed by atoms with van der Waals surface area (Å²) in [7, 11) is 0. The van der Waals surface area contributed by atoms with Crippen LogP contribution in [0.3, 0.4) is 0 Å². The van der Waals surface area contributed by atoms with Gasteiger partial charge in [-0.3, -0.25) is 0 Å². The SMILES string of the molecule is C=CC/C(F)=C\C(F)=C/CC. The Morgan fingerprint density at radius 1 is 1.45 bits per heavy atom. The lowest BCUT2D eigenvalue weighted by atomic mass is 10.3. The largest absolute Gasteiger partial charge is 0.211 e. The van der Waals surface area contributed by atoms with E-state index < -0.39 is 11.7 Å². The van der Waals surface area contributed by atoms with Crippen molar-refractivity contribution >= 4 is 0 Å². The van der Waals surface area contributed by atoms with Crippen molar-refractivity contribution in [1.82, 2.24) is 0 Å². The van der Waals surface area contributed by atoms with Gasteiger partial charge in [0.15, 0.2) is 0 Å². The first-order valence-electron chi connectivity index (χ1n) is 3.53. The van der Waals surface area contributed by atoms with E-state index in [1.54, 1.807) is 6.92 Å². The van der Waals surface area contributed by atoms with Crippen LogP contribution in [0.4, 0.5) is 8.78 Å². The summed E-state index contributed by atoms with van der Waals surface area (Å²) in [6.07, 6.45) is 4.26. The second-order valence-electron chi connectivity index (χ2n) is 2.08. The van der Waals surface area contributed by atoms with Crippen molar-refractivity contribution in [2.45, 2.75) is 19.8 Å². The molecule has 0 heterocycles. The molecule has 0 aromatic carbocycles. The molecule has 0 nitrogen and oxygen atoms in total. The second kappa shape index (κ2) is 5.83. The highest BCUT2D eigenvalue weighted by Crippen LogP contribution is 2.09. The summed E-state index contributed by atoms with van der Waals surface area (Å²) >= 11 is 0. The maximum absolute atomic E-state index is 12.5. The third-order valence-electron chi connectivity index (χ3n) is 1.03. The Kier molecular flexibility index (Phi) is 5.35. The van der Waals surface area contributed by atoms with Gasteiger partial charge in [0, 0.05) is 12.5 Å². The lowest BCUT2D eigenvalue weighted by molar-refractivity contribution is 0.596. The summed E-state index contributed by atoms with van der Waals surface area (Å²) in [5.41, 5.74) is 0. The molecule has 0 aliphatic rings. The van der Waals surface area contributed by atoms with Crippen LogP contribution in [0.5, 0.6) is 0 Å². The molecule has 0 rings (SSSR count). The number of halogens is 2. The molecule has 62 valence electrons. The molecule has 0 unspecified atom stereocenters. The van der Waals surface area contributed by atoms with E-state index in [1.165, 1.54) is 12.2 Å². The molecule has 0 aliphatic carbocycles. The minimum atomic E-state index is -0.521. The highest BCUT2D eigenvalue weighted by atomic mass is 19.1. The average molecular weight is 158 g/mol. The van der Waals surface area contributed by atoms with Crippen molar-refractivity contribution in [3.05, 3.63) is 36.5 Å². The van der Waals surface area contributed by atoms with Gasteiger partial charge in [0.1, 0.15) is 11.7 Å². The van der Waals surface area contributed by atoms with E-state index in [1.807, 2.05) is 0 Å². The second-order valence-corrected chi connectivity index (χ2v) is 2.08. The van der Waals surface area contributed by atoms with Crippen molar-refractivity contribution in [2.24, 2.45) is 0 Å². The maximum atomic E-state index is 12.5. The number of hydrogen-bond acceptors (Lipinski definition) is 0. The zero-order valence-electron chi connectivity index (χ0n) is 6.61. The molecule has 0 saturated heterocycles. The zero-order valence-corrected chi connectivity index (χ0v) is 6.61. The van der Waals surface area contributed by atoms with Gasteiger partial charge < -0.3 is 0 Å². The summed E-state index contributed by atoms with van der Waals surface area (Å²) in [6.45, 7) is 5.12. The molecular formula is C9H12F2. The topological polar surface area (TPSA) is 0 Å². The fourth-order valence-corrected chi connectivity index (χ4v) is 0.600. The number of hydrogen-bond donors (Lipinski definition) is 0. The van der Waals surface area contributed by atoms with Gasteiger partial charge in [0.2, 0.25) is 0 Å². The van der Waals surface area contributed by atoms with Crippen molar-refractivity contribution in [3.8, 4) is 0 Å². The van der Waals surface area contributed by atoms with Gasteiger partial charge in [0.25, 0.3) is 0 Å². The third kappa shape index (κ3) is 5.52. The quantitative estimate of drug-likeness (QED) is 0.432. The third-order valence-corrected chi connectivity index (χ3v) is 1.03. The van der Waals surface area contributed by atoms with Gasteiger partial charge in [-0.15, -0.1) is 6.58 Å². The Morgan fingerprint density at radius 3 is 2.55 bits per heavy atom. The zero-order chi connectivity index (χ0) is 8.69. The van der Waals surface area contributed by atoms with Gasteiger partial charge in [0.05, 0.1) is 0 Å². The molecule has 0 aromatic rings. The van der Waals surface area contributed by atoms with E-state index in [9.17, 15) is 8.78 Å². The number of rotatable bonds is 4. The molecular weight excluding hydrogens is 146 g/mol. The summed E-state index contributed by atoms with van der Waals surface area (Å²) < 4.78 is 25.0. The van der Waals surface area contributed by atoms with Crippen LogP contribution in [0.2, 0.25) is 0 Å². The molecule has 0 N–H and O–H groups in total. The number of allylic oxidation sites excluding steroid dienone is 5. The van der Waals surface area contributed by atoms with E-state index in [-0.39, 0.29) is 6.42 Å². The van der Waals surface area contributed by atoms with E-state index in [2.05, 4.69) is 6.58 Å². The lowest BCUT2D eigenvalue weighted by Gasteiger charge is -1.89. The Hall–Kier alpha value is -0.920. The summed E-state index contributed by atoms with van der Waals surface area (Å²) in [5.74, 6) is -1.02. The van der Waals surface area contributed by atoms with Crippen LogP contribution < -0.4 is 0 Å². The van der Waals surface area contributed by atoms with Crippen molar-refractivity contribution < 1.29 is 8.78 Å². The minimum Gasteiger partial charge on any atom is -0.211 e. The van der Waals surface area contributed by atoms with Crippen LogP contribution in [0.15, 0.2) is 36.5 Å². The van der Waals surface area contributed by atoms with Crippen LogP contribution in [-0.2, 0) is 0 Å². The van der Waals surface area contributed by atoms with Crippen molar-refractivity contribution in [2.75, 3.05) is 0 Å². The van der Waals surface area contributed by atoms with Gasteiger partial charge in [-0.2, -0.15) is 0 Å². The smallest absolute Gasteiger partial charge is 0.121 e. The first-order chi connectivity index (χ1) is 5.20. The summed E-state index contributed by atoms with van der Waals surface area (Å²) in [6, 6.07) is 0. The molecule has 0 aromatic heterocycles. The molecule has 0 amide bonds. The Labute approximate surface area is 65.9 Å². The molecule has 0 saturated carbocycles. The van der Waals surface area contributed by atoms with Gasteiger partial charge in [-0.1, -0.05) is 13.0 Å². The highest BCUT2D eigenvalue weighted by Gasteiger charge is 1.92. The highest BCUT2D eigenvalue weighted by molar-refractivity contribution is 5.15. The van der Waals surface area contributed by atoms with E-state index in [4.69, 9.17) is 0 Å². The minimum absolute atomic E-state index is 0.0883. The molecule has 0 aliphatic heterocycles. The molecule has 0 spiro atoms. The molecule has 0 bridgehead atoms. The predicted octanol–water partition coefficient (Wildman–Crippen LogP) is 3.68. The van der Waals surface area contributed by atoms with Crippen LogP contribution >= 0.6 is 0 Å². The van der Waals surface area contributed by atoms with Gasteiger partial charge in [-0.05, 0) is 12.5 Å².